The lowest BCUT2D eigenvalue weighted by Crippen LogP contribution is -2.11. The van der Waals surface area contributed by atoms with Crippen LogP contribution in [0.1, 0.15) is 21.5 Å². The molecule has 0 fully saturated rings. The molecule has 98 valence electrons. The minimum Gasteiger partial charge on any atom is -0.366 e. The fourth-order valence-electron chi connectivity index (χ4n) is 1.65. The highest BCUT2D eigenvalue weighted by molar-refractivity contribution is 7.99. The quantitative estimate of drug-likeness (QED) is 0.940. The van der Waals surface area contributed by atoms with E-state index in [-0.39, 0.29) is 0 Å². The summed E-state index contributed by atoms with van der Waals surface area (Å²) in [5.74, 6) is -0.530. The molecule has 2 aromatic rings. The largest absolute Gasteiger partial charge is 0.366 e. The standard InChI is InChI=1S/C14H13ClN2OS/c1-8-3-4-12(9(2)5-8)19-14-11(15)6-10(7-17-14)13(16)18/h3-7H,1-2H3,(H2,16,18). The number of carbonyl (C=O) groups is 1. The van der Waals surface area contributed by atoms with Crippen LogP contribution in [0.5, 0.6) is 0 Å². The lowest BCUT2D eigenvalue weighted by atomic mass is 10.2. The van der Waals surface area contributed by atoms with Crippen LogP contribution in [0.4, 0.5) is 0 Å². The van der Waals surface area contributed by atoms with E-state index in [1.807, 2.05) is 26.0 Å². The van der Waals surface area contributed by atoms with Crippen LogP contribution >= 0.6 is 23.4 Å². The second kappa shape index (κ2) is 5.63. The van der Waals surface area contributed by atoms with Crippen molar-refractivity contribution in [1.82, 2.24) is 4.98 Å². The van der Waals surface area contributed by atoms with Crippen molar-refractivity contribution in [3.05, 3.63) is 52.2 Å². The number of aromatic nitrogens is 1. The first-order chi connectivity index (χ1) is 8.97. The molecule has 0 radical (unpaired) electrons. The highest BCUT2D eigenvalue weighted by atomic mass is 35.5. The van der Waals surface area contributed by atoms with E-state index in [0.29, 0.717) is 15.6 Å². The molecule has 0 aliphatic rings. The van der Waals surface area contributed by atoms with E-state index in [4.69, 9.17) is 17.3 Å². The number of hydrogen-bond donors (Lipinski definition) is 1. The topological polar surface area (TPSA) is 56.0 Å². The van der Waals surface area contributed by atoms with Gasteiger partial charge in [-0.15, -0.1) is 0 Å². The monoisotopic (exact) mass is 292 g/mol. The number of hydrogen-bond acceptors (Lipinski definition) is 3. The Bertz CT molecular complexity index is 643. The Labute approximate surface area is 121 Å². The number of amides is 1. The molecule has 0 bridgehead atoms. The van der Waals surface area contributed by atoms with Crippen molar-refractivity contribution in [2.75, 3.05) is 0 Å². The van der Waals surface area contributed by atoms with E-state index < -0.39 is 5.91 Å². The Morgan fingerprint density at radius 1 is 1.32 bits per heavy atom. The maximum Gasteiger partial charge on any atom is 0.250 e. The summed E-state index contributed by atoms with van der Waals surface area (Å²) < 4.78 is 0. The third-order valence-electron chi connectivity index (χ3n) is 2.63. The smallest absolute Gasteiger partial charge is 0.250 e. The van der Waals surface area contributed by atoms with Crippen LogP contribution in [0.3, 0.4) is 0 Å². The first-order valence-electron chi connectivity index (χ1n) is 5.68. The summed E-state index contributed by atoms with van der Waals surface area (Å²) in [5.41, 5.74) is 7.88. The molecule has 0 aliphatic heterocycles. The summed E-state index contributed by atoms with van der Waals surface area (Å²) in [4.78, 5) is 16.3. The zero-order chi connectivity index (χ0) is 14.0. The number of pyridine rings is 1. The Morgan fingerprint density at radius 3 is 2.63 bits per heavy atom. The van der Waals surface area contributed by atoms with Gasteiger partial charge in [0.25, 0.3) is 0 Å². The maximum absolute atomic E-state index is 11.0. The van der Waals surface area contributed by atoms with Crippen molar-refractivity contribution in [2.45, 2.75) is 23.8 Å². The average Bonchev–Trinajstić information content (AvgIpc) is 2.34. The molecule has 2 N–H and O–H groups in total. The van der Waals surface area contributed by atoms with Crippen molar-refractivity contribution >= 4 is 29.3 Å². The first kappa shape index (κ1) is 13.9. The van der Waals surface area contributed by atoms with Crippen molar-refractivity contribution < 1.29 is 4.79 Å². The normalized spacial score (nSPS) is 10.5. The number of carbonyl (C=O) groups excluding carboxylic acids is 1. The molecule has 0 atom stereocenters. The average molecular weight is 293 g/mol. The van der Waals surface area contributed by atoms with Gasteiger partial charge in [-0.25, -0.2) is 4.98 Å². The molecule has 0 aliphatic carbocycles. The van der Waals surface area contributed by atoms with Crippen LogP contribution < -0.4 is 5.73 Å². The van der Waals surface area contributed by atoms with E-state index in [2.05, 4.69) is 11.1 Å². The molecule has 0 unspecified atom stereocenters. The molecule has 1 heterocycles. The van der Waals surface area contributed by atoms with Gasteiger partial charge in [0.2, 0.25) is 5.91 Å². The van der Waals surface area contributed by atoms with Crippen LogP contribution in [0.15, 0.2) is 40.4 Å². The van der Waals surface area contributed by atoms with E-state index >= 15 is 0 Å². The number of rotatable bonds is 3. The molecule has 0 spiro atoms. The van der Waals surface area contributed by atoms with Gasteiger partial charge in [-0.3, -0.25) is 4.79 Å². The zero-order valence-corrected chi connectivity index (χ0v) is 12.2. The lowest BCUT2D eigenvalue weighted by Gasteiger charge is -2.07. The molecular weight excluding hydrogens is 280 g/mol. The number of nitrogens with zero attached hydrogens (tertiary/aromatic N) is 1. The molecule has 2 rings (SSSR count). The number of benzene rings is 1. The predicted octanol–water partition coefficient (Wildman–Crippen LogP) is 3.60. The number of primary amides is 1. The summed E-state index contributed by atoms with van der Waals surface area (Å²) in [5, 5.41) is 1.10. The second-order valence-corrected chi connectivity index (χ2v) is 5.68. The Kier molecular flexibility index (Phi) is 4.12. The number of nitrogens with two attached hydrogens (primary N) is 1. The van der Waals surface area contributed by atoms with Crippen LogP contribution in [-0.4, -0.2) is 10.9 Å². The zero-order valence-electron chi connectivity index (χ0n) is 10.6. The van der Waals surface area contributed by atoms with Crippen molar-refractivity contribution in [2.24, 2.45) is 5.73 Å². The third kappa shape index (κ3) is 3.28. The number of aryl methyl sites for hydroxylation is 2. The minimum absolute atomic E-state index is 0.315. The van der Waals surface area contributed by atoms with E-state index in [9.17, 15) is 4.79 Å². The first-order valence-corrected chi connectivity index (χ1v) is 6.87. The second-order valence-electron chi connectivity index (χ2n) is 4.25. The van der Waals surface area contributed by atoms with E-state index in [1.54, 1.807) is 6.07 Å². The SMILES string of the molecule is Cc1ccc(Sc2ncc(C(N)=O)cc2Cl)c(C)c1. The van der Waals surface area contributed by atoms with Crippen LogP contribution in [0.25, 0.3) is 0 Å². The molecule has 3 nitrogen and oxygen atoms in total. The summed E-state index contributed by atoms with van der Waals surface area (Å²) in [6.07, 6.45) is 1.44. The number of halogens is 1. The van der Waals surface area contributed by atoms with Crippen molar-refractivity contribution in [3.63, 3.8) is 0 Å². The van der Waals surface area contributed by atoms with Gasteiger partial charge < -0.3 is 5.73 Å². The van der Waals surface area contributed by atoms with Gasteiger partial charge in [0.15, 0.2) is 0 Å². The Balaban J connectivity index is 2.31. The molecule has 0 saturated carbocycles. The maximum atomic E-state index is 11.0. The van der Waals surface area contributed by atoms with E-state index in [1.165, 1.54) is 29.1 Å². The Morgan fingerprint density at radius 2 is 2.05 bits per heavy atom. The van der Waals surface area contributed by atoms with Gasteiger partial charge >= 0.3 is 0 Å². The van der Waals surface area contributed by atoms with Gasteiger partial charge in [-0.1, -0.05) is 41.1 Å². The van der Waals surface area contributed by atoms with Crippen molar-refractivity contribution in [3.8, 4) is 0 Å². The fourth-order valence-corrected chi connectivity index (χ4v) is 2.76. The lowest BCUT2D eigenvalue weighted by molar-refractivity contribution is 0.1000. The molecule has 0 saturated heterocycles. The van der Waals surface area contributed by atoms with Crippen LogP contribution in [0, 0.1) is 13.8 Å². The molecule has 1 amide bonds. The van der Waals surface area contributed by atoms with Gasteiger partial charge in [-0.05, 0) is 31.5 Å². The van der Waals surface area contributed by atoms with E-state index in [0.717, 1.165) is 4.90 Å². The Hall–Kier alpha value is -1.52. The summed E-state index contributed by atoms with van der Waals surface area (Å²) in [7, 11) is 0. The van der Waals surface area contributed by atoms with Crippen LogP contribution in [-0.2, 0) is 0 Å². The summed E-state index contributed by atoms with van der Waals surface area (Å²) in [6, 6.07) is 7.73. The third-order valence-corrected chi connectivity index (χ3v) is 4.23. The van der Waals surface area contributed by atoms with Gasteiger partial charge in [-0.2, -0.15) is 0 Å². The molecule has 1 aromatic carbocycles. The molecular formula is C14H13ClN2OS. The van der Waals surface area contributed by atoms with Gasteiger partial charge in [0.05, 0.1) is 10.6 Å². The highest BCUT2D eigenvalue weighted by Crippen LogP contribution is 2.33. The molecule has 19 heavy (non-hydrogen) atoms. The fraction of sp³-hybridized carbons (Fsp3) is 0.143. The summed E-state index contributed by atoms with van der Waals surface area (Å²) in [6.45, 7) is 4.09. The van der Waals surface area contributed by atoms with Gasteiger partial charge in [0, 0.05) is 11.1 Å². The predicted molar refractivity (Wildman–Crippen MR) is 77.8 cm³/mol. The van der Waals surface area contributed by atoms with Gasteiger partial charge in [0.1, 0.15) is 5.03 Å². The van der Waals surface area contributed by atoms with Crippen molar-refractivity contribution in [1.29, 1.82) is 0 Å². The highest BCUT2D eigenvalue weighted by Gasteiger charge is 2.10. The minimum atomic E-state index is -0.530. The summed E-state index contributed by atoms with van der Waals surface area (Å²) >= 11 is 7.59. The molecule has 5 heteroatoms. The molecule has 1 aromatic heterocycles. The van der Waals surface area contributed by atoms with Crippen LogP contribution in [0.2, 0.25) is 5.02 Å².